The molecule has 0 fully saturated rings. The number of carbonyl (C=O) groups is 1. The molecule has 2 N–H and O–H groups in total. The van der Waals surface area contributed by atoms with Crippen molar-refractivity contribution in [3.05, 3.63) is 68.8 Å². The van der Waals surface area contributed by atoms with Gasteiger partial charge >= 0.3 is 5.97 Å². The van der Waals surface area contributed by atoms with Gasteiger partial charge in [-0.1, -0.05) is 76.9 Å². The van der Waals surface area contributed by atoms with Crippen LogP contribution in [0.15, 0.2) is 29.8 Å². The molecule has 2 aromatic rings. The maximum absolute atomic E-state index is 11.5. The molecule has 0 amide bonds. The minimum atomic E-state index is -0.921. The van der Waals surface area contributed by atoms with Gasteiger partial charge in [0, 0.05) is 12.0 Å². The summed E-state index contributed by atoms with van der Waals surface area (Å²) in [6, 6.07) is 8.32. The predicted octanol–water partition coefficient (Wildman–Crippen LogP) is 6.68. The third-order valence-corrected chi connectivity index (χ3v) is 5.44. The van der Waals surface area contributed by atoms with Crippen LogP contribution in [0.25, 0.3) is 6.08 Å². The standard InChI is InChI=1S/C27H36O3/c1-16-10-19(15-20-11-17(2)13-23(24(20)28)27(7,8)9)21(14-18(3)25(29)30)22(12-16)26(4,5)6/h10-14,28H,15H2,1-9H3,(H,29,30)/b18-14+. The predicted molar refractivity (Wildman–Crippen MR) is 126 cm³/mol. The van der Waals surface area contributed by atoms with Crippen LogP contribution in [0.4, 0.5) is 0 Å². The van der Waals surface area contributed by atoms with Crippen LogP contribution >= 0.6 is 0 Å². The number of rotatable bonds is 4. The molecular formula is C27H36O3. The molecule has 0 heterocycles. The number of aryl methyl sites for hydroxylation is 2. The van der Waals surface area contributed by atoms with Gasteiger partial charge in [0.2, 0.25) is 0 Å². The number of hydrogen-bond acceptors (Lipinski definition) is 2. The van der Waals surface area contributed by atoms with Crippen LogP contribution < -0.4 is 0 Å². The largest absolute Gasteiger partial charge is 0.507 e. The van der Waals surface area contributed by atoms with E-state index in [9.17, 15) is 15.0 Å². The topological polar surface area (TPSA) is 57.5 Å². The van der Waals surface area contributed by atoms with Crippen LogP contribution in [-0.4, -0.2) is 16.2 Å². The van der Waals surface area contributed by atoms with Gasteiger partial charge in [-0.15, -0.1) is 0 Å². The first kappa shape index (κ1) is 23.7. The number of carboxylic acid groups (broad SMARTS) is 1. The molecule has 3 heteroatoms. The van der Waals surface area contributed by atoms with E-state index in [0.717, 1.165) is 38.9 Å². The molecule has 0 unspecified atom stereocenters. The molecule has 0 saturated heterocycles. The summed E-state index contributed by atoms with van der Waals surface area (Å²) in [6.07, 6.45) is 2.31. The van der Waals surface area contributed by atoms with Crippen LogP contribution in [0.1, 0.15) is 87.4 Å². The van der Waals surface area contributed by atoms with Gasteiger partial charge in [0.15, 0.2) is 0 Å². The second-order valence-electron chi connectivity index (χ2n) is 10.5. The van der Waals surface area contributed by atoms with Gasteiger partial charge in [-0.25, -0.2) is 4.79 Å². The van der Waals surface area contributed by atoms with E-state index in [-0.39, 0.29) is 10.8 Å². The molecule has 162 valence electrons. The molecule has 30 heavy (non-hydrogen) atoms. The van der Waals surface area contributed by atoms with Crippen LogP contribution in [0, 0.1) is 13.8 Å². The fourth-order valence-corrected chi connectivity index (χ4v) is 3.85. The Morgan fingerprint density at radius 2 is 1.33 bits per heavy atom. The highest BCUT2D eigenvalue weighted by Gasteiger charge is 2.24. The zero-order valence-corrected chi connectivity index (χ0v) is 19.9. The summed E-state index contributed by atoms with van der Waals surface area (Å²) in [5.74, 6) is -0.591. The Kier molecular flexibility index (Phi) is 6.56. The molecule has 0 spiro atoms. The van der Waals surface area contributed by atoms with Crippen molar-refractivity contribution < 1.29 is 15.0 Å². The van der Waals surface area contributed by atoms with Crippen LogP contribution in [0.5, 0.6) is 5.75 Å². The lowest BCUT2D eigenvalue weighted by molar-refractivity contribution is -0.132. The molecule has 0 aliphatic carbocycles. The van der Waals surface area contributed by atoms with E-state index in [2.05, 4.69) is 60.6 Å². The third-order valence-electron chi connectivity index (χ3n) is 5.44. The fraction of sp³-hybridized carbons (Fsp3) is 0.444. The number of aromatic hydroxyl groups is 1. The molecule has 0 radical (unpaired) electrons. The van der Waals surface area contributed by atoms with E-state index in [4.69, 9.17) is 0 Å². The molecule has 0 aromatic heterocycles. The smallest absolute Gasteiger partial charge is 0.331 e. The number of phenolic OH excluding ortho intramolecular Hbond substituents is 1. The lowest BCUT2D eigenvalue weighted by Crippen LogP contribution is -2.16. The van der Waals surface area contributed by atoms with Gasteiger partial charge in [-0.2, -0.15) is 0 Å². The quantitative estimate of drug-likeness (QED) is 0.555. The Balaban J connectivity index is 2.77. The Labute approximate surface area is 181 Å². The van der Waals surface area contributed by atoms with Crippen molar-refractivity contribution in [2.24, 2.45) is 0 Å². The molecule has 0 bridgehead atoms. The first-order chi connectivity index (χ1) is 13.6. The summed E-state index contributed by atoms with van der Waals surface area (Å²) < 4.78 is 0. The Bertz CT molecular complexity index is 996. The highest BCUT2D eigenvalue weighted by molar-refractivity contribution is 5.92. The third kappa shape index (κ3) is 5.33. The maximum atomic E-state index is 11.5. The SMILES string of the molecule is C/C(=C\c1c(Cc2cc(C)cc(C(C)(C)C)c2O)cc(C)cc1C(C)(C)C)C(=O)O. The summed E-state index contributed by atoms with van der Waals surface area (Å²) in [5.41, 5.74) is 7.10. The molecule has 0 aliphatic heterocycles. The van der Waals surface area contributed by atoms with E-state index in [1.165, 1.54) is 0 Å². The number of phenols is 1. The van der Waals surface area contributed by atoms with Crippen LogP contribution in [0.3, 0.4) is 0 Å². The zero-order chi connectivity index (χ0) is 23.0. The van der Waals surface area contributed by atoms with Crippen molar-refractivity contribution >= 4 is 12.0 Å². The maximum Gasteiger partial charge on any atom is 0.331 e. The summed E-state index contributed by atoms with van der Waals surface area (Å²) >= 11 is 0. The molecule has 2 aromatic carbocycles. The van der Waals surface area contributed by atoms with E-state index >= 15 is 0 Å². The van der Waals surface area contributed by atoms with Crippen molar-refractivity contribution in [3.63, 3.8) is 0 Å². The number of benzene rings is 2. The lowest BCUT2D eigenvalue weighted by atomic mass is 9.79. The van der Waals surface area contributed by atoms with Gasteiger partial charge in [0.25, 0.3) is 0 Å². The second kappa shape index (κ2) is 8.29. The van der Waals surface area contributed by atoms with Gasteiger partial charge in [0.05, 0.1) is 0 Å². The van der Waals surface area contributed by atoms with Crippen LogP contribution in [0.2, 0.25) is 0 Å². The Morgan fingerprint density at radius 1 is 0.867 bits per heavy atom. The average molecular weight is 409 g/mol. The van der Waals surface area contributed by atoms with Gasteiger partial charge in [-0.05, 0) is 65.5 Å². The van der Waals surface area contributed by atoms with Gasteiger partial charge in [-0.3, -0.25) is 0 Å². The van der Waals surface area contributed by atoms with E-state index in [0.29, 0.717) is 17.7 Å². The molecule has 0 aliphatic rings. The van der Waals surface area contributed by atoms with Gasteiger partial charge < -0.3 is 10.2 Å². The number of aliphatic carboxylic acids is 1. The number of carboxylic acids is 1. The zero-order valence-electron chi connectivity index (χ0n) is 19.9. The fourth-order valence-electron chi connectivity index (χ4n) is 3.85. The summed E-state index contributed by atoms with van der Waals surface area (Å²) in [7, 11) is 0. The summed E-state index contributed by atoms with van der Waals surface area (Å²) in [4.78, 5) is 11.5. The summed E-state index contributed by atoms with van der Waals surface area (Å²) in [5, 5.41) is 20.5. The van der Waals surface area contributed by atoms with Crippen molar-refractivity contribution in [3.8, 4) is 5.75 Å². The normalized spacial score (nSPS) is 12.9. The lowest BCUT2D eigenvalue weighted by Gasteiger charge is -2.26. The van der Waals surface area contributed by atoms with Gasteiger partial charge in [0.1, 0.15) is 5.75 Å². The van der Waals surface area contributed by atoms with Crippen LogP contribution in [-0.2, 0) is 22.0 Å². The minimum Gasteiger partial charge on any atom is -0.507 e. The van der Waals surface area contributed by atoms with E-state index < -0.39 is 5.97 Å². The second-order valence-corrected chi connectivity index (χ2v) is 10.5. The van der Waals surface area contributed by atoms with Crippen molar-refractivity contribution in [2.75, 3.05) is 0 Å². The highest BCUT2D eigenvalue weighted by atomic mass is 16.4. The molecule has 2 rings (SSSR count). The molecule has 0 saturated carbocycles. The van der Waals surface area contributed by atoms with E-state index in [1.54, 1.807) is 13.0 Å². The van der Waals surface area contributed by atoms with Crippen molar-refractivity contribution in [1.29, 1.82) is 0 Å². The summed E-state index contributed by atoms with van der Waals surface area (Å²) in [6.45, 7) is 18.4. The molecule has 3 nitrogen and oxygen atoms in total. The number of hydrogen-bond donors (Lipinski definition) is 2. The molecular weight excluding hydrogens is 372 g/mol. The van der Waals surface area contributed by atoms with Crippen molar-refractivity contribution in [2.45, 2.75) is 79.6 Å². The first-order valence-corrected chi connectivity index (χ1v) is 10.5. The Morgan fingerprint density at radius 3 is 1.80 bits per heavy atom. The molecule has 0 atom stereocenters. The minimum absolute atomic E-state index is 0.142. The van der Waals surface area contributed by atoms with Crippen molar-refractivity contribution in [1.82, 2.24) is 0 Å². The first-order valence-electron chi connectivity index (χ1n) is 10.5. The Hall–Kier alpha value is -2.55. The average Bonchev–Trinajstić information content (AvgIpc) is 2.57. The van der Waals surface area contributed by atoms with E-state index in [1.807, 2.05) is 19.1 Å². The monoisotopic (exact) mass is 408 g/mol. The highest BCUT2D eigenvalue weighted by Crippen LogP contribution is 2.37.